The van der Waals surface area contributed by atoms with Crippen molar-refractivity contribution in [3.63, 3.8) is 0 Å². The summed E-state index contributed by atoms with van der Waals surface area (Å²) in [6, 6.07) is 7.05. The average molecular weight is 379 g/mol. The molecule has 0 aliphatic carbocycles. The lowest BCUT2D eigenvalue weighted by molar-refractivity contribution is 0.597. The monoisotopic (exact) mass is 378 g/mol. The second-order valence-electron chi connectivity index (χ2n) is 5.00. The number of aromatic nitrogens is 4. The molecule has 24 heavy (non-hydrogen) atoms. The predicted octanol–water partition coefficient (Wildman–Crippen LogP) is 4.17. The number of fused-ring (bicyclic) bond motifs is 1. The Balaban J connectivity index is 2.08. The molecule has 0 aliphatic heterocycles. The molecule has 1 atom stereocenters. The first-order valence-electron chi connectivity index (χ1n) is 7.06. The third kappa shape index (κ3) is 3.26. The molecule has 2 heterocycles. The Morgan fingerprint density at radius 1 is 1.38 bits per heavy atom. The van der Waals surface area contributed by atoms with E-state index in [0.29, 0.717) is 32.8 Å². The molecule has 0 fully saturated rings. The van der Waals surface area contributed by atoms with Gasteiger partial charge in [-0.15, -0.1) is 0 Å². The minimum absolute atomic E-state index is 0.0810. The van der Waals surface area contributed by atoms with Crippen LogP contribution in [0, 0.1) is 16.7 Å². The van der Waals surface area contributed by atoms with Crippen LogP contribution in [0.2, 0.25) is 10.0 Å². The van der Waals surface area contributed by atoms with Gasteiger partial charge in [0, 0.05) is 14.9 Å². The molecule has 3 rings (SSSR count). The number of halogens is 2. The Hall–Kier alpha value is -2.01. The van der Waals surface area contributed by atoms with Crippen LogP contribution in [0.4, 0.5) is 0 Å². The number of H-pyrrole nitrogens is 1. The van der Waals surface area contributed by atoms with Gasteiger partial charge in [0.1, 0.15) is 11.6 Å². The topological polar surface area (TPSA) is 94.1 Å². The van der Waals surface area contributed by atoms with E-state index in [2.05, 4.69) is 21.0 Å². The largest absolute Gasteiger partial charge is 0.328 e. The fraction of sp³-hybridized carbons (Fsp3) is 0.200. The van der Waals surface area contributed by atoms with Crippen LogP contribution >= 0.6 is 35.0 Å². The summed E-state index contributed by atoms with van der Waals surface area (Å²) in [6.45, 7) is 1.91. The summed E-state index contributed by atoms with van der Waals surface area (Å²) in [7, 11) is 0. The lowest BCUT2D eigenvalue weighted by Gasteiger charge is -2.10. The van der Waals surface area contributed by atoms with Crippen LogP contribution in [0.25, 0.3) is 11.2 Å². The summed E-state index contributed by atoms with van der Waals surface area (Å²) in [5, 5.41) is 18.9. The van der Waals surface area contributed by atoms with Crippen molar-refractivity contribution in [1.29, 1.82) is 10.7 Å². The number of imidazole rings is 1. The molecule has 122 valence electrons. The Morgan fingerprint density at radius 2 is 2.08 bits per heavy atom. The van der Waals surface area contributed by atoms with Gasteiger partial charge in [-0.25, -0.2) is 9.97 Å². The predicted molar refractivity (Wildman–Crippen MR) is 93.3 cm³/mol. The summed E-state index contributed by atoms with van der Waals surface area (Å²) < 4.78 is 1.68. The van der Waals surface area contributed by atoms with Crippen molar-refractivity contribution in [1.82, 2.24) is 19.5 Å². The van der Waals surface area contributed by atoms with Crippen LogP contribution < -0.4 is 5.49 Å². The second kappa shape index (κ2) is 6.85. The molecule has 2 aromatic heterocycles. The maximum atomic E-state index is 9.29. The number of benzene rings is 1. The van der Waals surface area contributed by atoms with Crippen LogP contribution in [-0.4, -0.2) is 19.5 Å². The van der Waals surface area contributed by atoms with Gasteiger partial charge in [-0.1, -0.05) is 41.9 Å². The zero-order chi connectivity index (χ0) is 17.3. The molecular formula is C15H12Cl2N6S. The second-order valence-corrected chi connectivity index (χ2v) is 6.94. The van der Waals surface area contributed by atoms with E-state index in [1.54, 1.807) is 22.8 Å². The van der Waals surface area contributed by atoms with Crippen LogP contribution in [0.1, 0.15) is 19.4 Å². The molecule has 9 heteroatoms. The van der Waals surface area contributed by atoms with Gasteiger partial charge in [-0.05, 0) is 24.6 Å². The van der Waals surface area contributed by atoms with Crippen molar-refractivity contribution in [3.05, 3.63) is 40.1 Å². The first kappa shape index (κ1) is 16.8. The molecule has 6 nitrogen and oxygen atoms in total. The van der Waals surface area contributed by atoms with Crippen molar-refractivity contribution >= 4 is 46.1 Å². The molecule has 1 aromatic carbocycles. The molecule has 0 saturated heterocycles. The molecule has 0 bridgehead atoms. The number of rotatable bonds is 4. The summed E-state index contributed by atoms with van der Waals surface area (Å²) in [5.41, 5.74) is 1.10. The number of nitrogens with one attached hydrogen (secondary N) is 2. The first-order valence-corrected chi connectivity index (χ1v) is 8.64. The fourth-order valence-corrected chi connectivity index (χ4v) is 3.80. The maximum Gasteiger partial charge on any atom is 0.173 e. The fourth-order valence-electron chi connectivity index (χ4n) is 2.26. The van der Waals surface area contributed by atoms with Gasteiger partial charge in [0.15, 0.2) is 16.3 Å². The minimum atomic E-state index is -0.387. The van der Waals surface area contributed by atoms with Gasteiger partial charge in [0.25, 0.3) is 0 Å². The quantitative estimate of drug-likeness (QED) is 0.711. The molecule has 0 radical (unpaired) electrons. The summed E-state index contributed by atoms with van der Waals surface area (Å²) in [4.78, 5) is 12.5. The number of nitriles is 1. The van der Waals surface area contributed by atoms with Gasteiger partial charge in [0.05, 0.1) is 12.4 Å². The third-order valence-corrected chi connectivity index (χ3v) is 4.67. The van der Waals surface area contributed by atoms with Crippen molar-refractivity contribution in [2.75, 3.05) is 0 Å². The SMILES string of the molecule is CCC(C#N)n1cnc(=N)c2[nH]c(Sc3cc(Cl)cc(Cl)c3)nc21. The summed E-state index contributed by atoms with van der Waals surface area (Å²) in [6.07, 6.45) is 2.10. The number of hydrogen-bond donors (Lipinski definition) is 2. The van der Waals surface area contributed by atoms with E-state index in [0.717, 1.165) is 4.90 Å². The Labute approximate surface area is 152 Å². The Morgan fingerprint density at radius 3 is 2.71 bits per heavy atom. The van der Waals surface area contributed by atoms with Crippen LogP contribution in [-0.2, 0) is 0 Å². The van der Waals surface area contributed by atoms with E-state index in [1.807, 2.05) is 6.92 Å². The highest BCUT2D eigenvalue weighted by molar-refractivity contribution is 7.99. The standard InChI is InChI=1S/C15H12Cl2N6S/c1-2-10(6-18)23-7-20-13(19)12-14(23)22-15(21-12)24-11-4-8(16)3-9(17)5-11/h3-5,7,10,19H,2H2,1H3,(H,21,22). The van der Waals surface area contributed by atoms with Gasteiger partial charge in [-0.2, -0.15) is 5.26 Å². The van der Waals surface area contributed by atoms with Crippen molar-refractivity contribution in [3.8, 4) is 6.07 Å². The normalized spacial score (nSPS) is 12.2. The smallest absolute Gasteiger partial charge is 0.173 e. The lowest BCUT2D eigenvalue weighted by atomic mass is 10.2. The van der Waals surface area contributed by atoms with E-state index >= 15 is 0 Å². The Bertz CT molecular complexity index is 983. The molecule has 2 N–H and O–H groups in total. The molecule has 0 aliphatic rings. The molecule has 0 saturated carbocycles. The van der Waals surface area contributed by atoms with Crippen LogP contribution in [0.15, 0.2) is 34.6 Å². The third-order valence-electron chi connectivity index (χ3n) is 3.38. The zero-order valence-electron chi connectivity index (χ0n) is 12.5. The molecule has 0 amide bonds. The number of hydrogen-bond acceptors (Lipinski definition) is 5. The van der Waals surface area contributed by atoms with Crippen LogP contribution in [0.3, 0.4) is 0 Å². The van der Waals surface area contributed by atoms with E-state index < -0.39 is 0 Å². The lowest BCUT2D eigenvalue weighted by Crippen LogP contribution is -2.15. The zero-order valence-corrected chi connectivity index (χ0v) is 14.9. The van der Waals surface area contributed by atoms with E-state index in [-0.39, 0.29) is 11.5 Å². The van der Waals surface area contributed by atoms with Crippen molar-refractivity contribution < 1.29 is 0 Å². The van der Waals surface area contributed by atoms with Gasteiger partial charge < -0.3 is 4.98 Å². The molecular weight excluding hydrogens is 367 g/mol. The highest BCUT2D eigenvalue weighted by atomic mass is 35.5. The Kier molecular flexibility index (Phi) is 4.81. The van der Waals surface area contributed by atoms with Gasteiger partial charge >= 0.3 is 0 Å². The highest BCUT2D eigenvalue weighted by Crippen LogP contribution is 2.31. The van der Waals surface area contributed by atoms with E-state index in [4.69, 9.17) is 28.6 Å². The number of nitrogens with zero attached hydrogens (tertiary/aromatic N) is 4. The summed E-state index contributed by atoms with van der Waals surface area (Å²) in [5.74, 6) is 0. The minimum Gasteiger partial charge on any atom is -0.328 e. The maximum absolute atomic E-state index is 9.29. The summed E-state index contributed by atoms with van der Waals surface area (Å²) >= 11 is 13.4. The molecule has 3 aromatic rings. The highest BCUT2D eigenvalue weighted by Gasteiger charge is 2.15. The van der Waals surface area contributed by atoms with E-state index in [1.165, 1.54) is 18.1 Å². The number of aromatic amines is 1. The first-order chi connectivity index (χ1) is 11.5. The molecule has 1 unspecified atom stereocenters. The average Bonchev–Trinajstić information content (AvgIpc) is 2.94. The van der Waals surface area contributed by atoms with E-state index in [9.17, 15) is 5.26 Å². The van der Waals surface area contributed by atoms with Crippen LogP contribution in [0.5, 0.6) is 0 Å². The van der Waals surface area contributed by atoms with Gasteiger partial charge in [-0.3, -0.25) is 9.98 Å². The van der Waals surface area contributed by atoms with Gasteiger partial charge in [0.2, 0.25) is 0 Å². The van der Waals surface area contributed by atoms with Crippen molar-refractivity contribution in [2.45, 2.75) is 29.4 Å². The molecule has 0 spiro atoms. The van der Waals surface area contributed by atoms with Crippen molar-refractivity contribution in [2.24, 2.45) is 0 Å².